The fourth-order valence-corrected chi connectivity index (χ4v) is 1.75. The van der Waals surface area contributed by atoms with Gasteiger partial charge in [0.05, 0.1) is 0 Å². The maximum Gasteiger partial charge on any atom is 0.356 e. The smallest absolute Gasteiger partial charge is 0.356 e. The van der Waals surface area contributed by atoms with Gasteiger partial charge in [-0.3, -0.25) is 0 Å². The van der Waals surface area contributed by atoms with Gasteiger partial charge in [0.15, 0.2) is 5.69 Å². The summed E-state index contributed by atoms with van der Waals surface area (Å²) >= 11 is 6.01. The molecule has 6 heteroatoms. The Morgan fingerprint density at radius 3 is 2.68 bits per heavy atom. The zero-order valence-electron chi connectivity index (χ0n) is 10.1. The minimum Gasteiger partial charge on any atom is -0.476 e. The fraction of sp³-hybridized carbons (Fsp3) is 0.154. The van der Waals surface area contributed by atoms with E-state index < -0.39 is 5.97 Å². The van der Waals surface area contributed by atoms with Crippen LogP contribution in [0.3, 0.4) is 0 Å². The molecule has 0 aliphatic heterocycles. The van der Waals surface area contributed by atoms with Crippen LogP contribution in [-0.4, -0.2) is 21.3 Å². The molecular weight excluding hydrogens is 268 g/mol. The van der Waals surface area contributed by atoms with Gasteiger partial charge in [0.2, 0.25) is 5.88 Å². The predicted molar refractivity (Wildman–Crippen MR) is 69.9 cm³/mol. The van der Waals surface area contributed by atoms with E-state index in [1.165, 1.54) is 12.1 Å². The highest BCUT2D eigenvalue weighted by atomic mass is 35.5. The minimum absolute atomic E-state index is 0.127. The van der Waals surface area contributed by atoms with Gasteiger partial charge < -0.3 is 9.84 Å². The van der Waals surface area contributed by atoms with Gasteiger partial charge in [0.1, 0.15) is 5.75 Å². The predicted octanol–water partition coefficient (Wildman–Crippen LogP) is 3.18. The standard InChI is InChI=1S/C13H11ClN2O3/c1-2-8-7-9(3-4-10(8)14)19-12-6-5-11(13(17)18)15-16-12/h3-7H,2H2,1H3,(H,17,18). The van der Waals surface area contributed by atoms with Crippen molar-refractivity contribution in [1.82, 2.24) is 10.2 Å². The second-order valence-corrected chi connectivity index (χ2v) is 4.18. The lowest BCUT2D eigenvalue weighted by molar-refractivity contribution is 0.0689. The molecule has 2 aromatic rings. The number of halogens is 1. The quantitative estimate of drug-likeness (QED) is 0.930. The van der Waals surface area contributed by atoms with E-state index in [0.717, 1.165) is 12.0 Å². The van der Waals surface area contributed by atoms with Crippen LogP contribution < -0.4 is 4.74 Å². The van der Waals surface area contributed by atoms with E-state index >= 15 is 0 Å². The van der Waals surface area contributed by atoms with Gasteiger partial charge in [-0.15, -0.1) is 10.2 Å². The van der Waals surface area contributed by atoms with E-state index in [0.29, 0.717) is 10.8 Å². The summed E-state index contributed by atoms with van der Waals surface area (Å²) in [4.78, 5) is 10.6. The highest BCUT2D eigenvalue weighted by Crippen LogP contribution is 2.25. The Morgan fingerprint density at radius 2 is 2.11 bits per heavy atom. The van der Waals surface area contributed by atoms with Gasteiger partial charge in [0, 0.05) is 11.1 Å². The molecule has 19 heavy (non-hydrogen) atoms. The van der Waals surface area contributed by atoms with Crippen molar-refractivity contribution in [3.05, 3.63) is 46.6 Å². The van der Waals surface area contributed by atoms with Crippen LogP contribution in [0.1, 0.15) is 23.0 Å². The molecule has 98 valence electrons. The van der Waals surface area contributed by atoms with E-state index in [2.05, 4.69) is 10.2 Å². The first kappa shape index (κ1) is 13.3. The number of carboxylic acid groups (broad SMARTS) is 1. The van der Waals surface area contributed by atoms with Crippen molar-refractivity contribution in [3.63, 3.8) is 0 Å². The Morgan fingerprint density at radius 1 is 1.32 bits per heavy atom. The van der Waals surface area contributed by atoms with Crippen LogP contribution in [0.15, 0.2) is 30.3 Å². The van der Waals surface area contributed by atoms with Gasteiger partial charge in [-0.25, -0.2) is 4.79 Å². The first-order valence-electron chi connectivity index (χ1n) is 5.63. The molecule has 1 heterocycles. The van der Waals surface area contributed by atoms with Crippen molar-refractivity contribution in [2.75, 3.05) is 0 Å². The Kier molecular flexibility index (Phi) is 3.97. The molecule has 0 amide bonds. The number of aromatic nitrogens is 2. The molecule has 0 saturated heterocycles. The zero-order valence-corrected chi connectivity index (χ0v) is 10.9. The van der Waals surface area contributed by atoms with Crippen molar-refractivity contribution in [2.24, 2.45) is 0 Å². The summed E-state index contributed by atoms with van der Waals surface area (Å²) in [5.74, 6) is -0.313. The van der Waals surface area contributed by atoms with Crippen LogP contribution in [0.25, 0.3) is 0 Å². The molecule has 1 N–H and O–H groups in total. The number of benzene rings is 1. The highest BCUT2D eigenvalue weighted by molar-refractivity contribution is 6.31. The number of hydrogen-bond acceptors (Lipinski definition) is 4. The van der Waals surface area contributed by atoms with Crippen LogP contribution in [0.2, 0.25) is 5.02 Å². The second-order valence-electron chi connectivity index (χ2n) is 3.77. The Labute approximate surface area is 114 Å². The zero-order chi connectivity index (χ0) is 13.8. The number of rotatable bonds is 4. The molecule has 0 unspecified atom stereocenters. The van der Waals surface area contributed by atoms with Crippen molar-refractivity contribution < 1.29 is 14.6 Å². The molecule has 1 aromatic heterocycles. The minimum atomic E-state index is -1.13. The lowest BCUT2D eigenvalue weighted by atomic mass is 10.1. The van der Waals surface area contributed by atoms with E-state index in [4.69, 9.17) is 21.4 Å². The summed E-state index contributed by atoms with van der Waals surface area (Å²) in [5, 5.41) is 16.6. The van der Waals surface area contributed by atoms with Crippen LogP contribution in [0, 0.1) is 0 Å². The summed E-state index contributed by atoms with van der Waals surface area (Å²) in [5.41, 5.74) is 0.840. The van der Waals surface area contributed by atoms with Crippen LogP contribution in [-0.2, 0) is 6.42 Å². The molecule has 1 aromatic carbocycles. The summed E-state index contributed by atoms with van der Waals surface area (Å²) in [6, 6.07) is 8.07. The fourth-order valence-electron chi connectivity index (χ4n) is 1.49. The topological polar surface area (TPSA) is 72.3 Å². The Hall–Kier alpha value is -2.14. The molecular formula is C13H11ClN2O3. The van der Waals surface area contributed by atoms with Gasteiger partial charge in [-0.2, -0.15) is 0 Å². The maximum absolute atomic E-state index is 10.6. The molecule has 5 nitrogen and oxygen atoms in total. The van der Waals surface area contributed by atoms with Gasteiger partial charge >= 0.3 is 5.97 Å². The molecule has 0 saturated carbocycles. The molecule has 0 aliphatic carbocycles. The summed E-state index contributed by atoms with van der Waals surface area (Å²) < 4.78 is 5.49. The van der Waals surface area contributed by atoms with Gasteiger partial charge in [-0.05, 0) is 36.2 Å². The van der Waals surface area contributed by atoms with Crippen LogP contribution in [0.4, 0.5) is 0 Å². The SMILES string of the molecule is CCc1cc(Oc2ccc(C(=O)O)nn2)ccc1Cl. The third-order valence-corrected chi connectivity index (χ3v) is 2.85. The van der Waals surface area contributed by atoms with E-state index in [1.54, 1.807) is 12.1 Å². The van der Waals surface area contributed by atoms with Gasteiger partial charge in [0.25, 0.3) is 0 Å². The van der Waals surface area contributed by atoms with Crippen LogP contribution in [0.5, 0.6) is 11.6 Å². The molecule has 0 atom stereocenters. The Bertz CT molecular complexity index is 599. The molecule has 0 fully saturated rings. The summed E-state index contributed by atoms with van der Waals surface area (Å²) in [7, 11) is 0. The summed E-state index contributed by atoms with van der Waals surface area (Å²) in [6.07, 6.45) is 0.791. The third-order valence-electron chi connectivity index (χ3n) is 2.48. The van der Waals surface area contributed by atoms with Crippen molar-refractivity contribution >= 4 is 17.6 Å². The molecule has 2 rings (SSSR count). The Balaban J connectivity index is 2.19. The van der Waals surface area contributed by atoms with Gasteiger partial charge in [-0.1, -0.05) is 18.5 Å². The molecule has 0 bridgehead atoms. The lowest BCUT2D eigenvalue weighted by Gasteiger charge is -2.07. The van der Waals surface area contributed by atoms with E-state index in [9.17, 15) is 4.79 Å². The highest BCUT2D eigenvalue weighted by Gasteiger charge is 2.07. The largest absolute Gasteiger partial charge is 0.476 e. The molecule has 0 aliphatic rings. The van der Waals surface area contributed by atoms with E-state index in [1.807, 2.05) is 13.0 Å². The normalized spacial score (nSPS) is 10.2. The number of carbonyl (C=O) groups is 1. The van der Waals surface area contributed by atoms with Crippen molar-refractivity contribution in [3.8, 4) is 11.6 Å². The van der Waals surface area contributed by atoms with Crippen molar-refractivity contribution in [2.45, 2.75) is 13.3 Å². The summed E-state index contributed by atoms with van der Waals surface area (Å²) in [6.45, 7) is 1.99. The number of hydrogen-bond donors (Lipinski definition) is 1. The second kappa shape index (κ2) is 5.67. The lowest BCUT2D eigenvalue weighted by Crippen LogP contribution is -2.02. The van der Waals surface area contributed by atoms with Crippen LogP contribution >= 0.6 is 11.6 Å². The third kappa shape index (κ3) is 3.20. The monoisotopic (exact) mass is 278 g/mol. The number of aryl methyl sites for hydroxylation is 1. The van der Waals surface area contributed by atoms with Crippen molar-refractivity contribution in [1.29, 1.82) is 0 Å². The number of nitrogens with zero attached hydrogens (tertiary/aromatic N) is 2. The molecule has 0 radical (unpaired) electrons. The maximum atomic E-state index is 10.6. The van der Waals surface area contributed by atoms with E-state index in [-0.39, 0.29) is 11.6 Å². The average molecular weight is 279 g/mol. The number of ether oxygens (including phenoxy) is 1. The first-order chi connectivity index (χ1) is 9.10. The number of aromatic carboxylic acids is 1. The first-order valence-corrected chi connectivity index (χ1v) is 6.01. The number of carboxylic acids is 1. The molecule has 0 spiro atoms. The average Bonchev–Trinajstić information content (AvgIpc) is 2.41.